The van der Waals surface area contributed by atoms with Crippen molar-refractivity contribution < 1.29 is 9.53 Å². The molecule has 3 rings (SSSR count). The van der Waals surface area contributed by atoms with E-state index in [1.807, 2.05) is 26.0 Å². The molecule has 0 radical (unpaired) electrons. The van der Waals surface area contributed by atoms with E-state index in [9.17, 15) is 4.79 Å². The average Bonchev–Trinajstić information content (AvgIpc) is 2.96. The van der Waals surface area contributed by atoms with Gasteiger partial charge in [0.1, 0.15) is 12.2 Å². The summed E-state index contributed by atoms with van der Waals surface area (Å²) in [6, 6.07) is 5.52. The first-order chi connectivity index (χ1) is 11.1. The van der Waals surface area contributed by atoms with Crippen molar-refractivity contribution in [2.75, 3.05) is 0 Å². The van der Waals surface area contributed by atoms with Crippen LogP contribution < -0.4 is 10.1 Å². The average molecular weight is 311 g/mol. The molecular formula is C16H17N5O2. The van der Waals surface area contributed by atoms with Gasteiger partial charge in [0.2, 0.25) is 5.88 Å². The van der Waals surface area contributed by atoms with Crippen molar-refractivity contribution in [3.05, 3.63) is 54.1 Å². The summed E-state index contributed by atoms with van der Waals surface area (Å²) in [5, 5.41) is 6.97. The van der Waals surface area contributed by atoms with E-state index < -0.39 is 0 Å². The van der Waals surface area contributed by atoms with Gasteiger partial charge in [-0.05, 0) is 19.9 Å². The van der Waals surface area contributed by atoms with Gasteiger partial charge in [0.05, 0.1) is 6.20 Å². The highest BCUT2D eigenvalue weighted by molar-refractivity contribution is 5.99. The van der Waals surface area contributed by atoms with Crippen LogP contribution in [0.1, 0.15) is 29.8 Å². The monoisotopic (exact) mass is 311 g/mol. The molecule has 23 heavy (non-hydrogen) atoms. The number of hydrogen-bond acceptors (Lipinski definition) is 5. The summed E-state index contributed by atoms with van der Waals surface area (Å²) >= 11 is 0. The Bertz CT molecular complexity index is 814. The minimum absolute atomic E-state index is 0.0439. The Morgan fingerprint density at radius 2 is 2.22 bits per heavy atom. The van der Waals surface area contributed by atoms with E-state index in [-0.39, 0.29) is 11.9 Å². The Morgan fingerprint density at radius 1 is 1.35 bits per heavy atom. The van der Waals surface area contributed by atoms with Crippen molar-refractivity contribution in [2.45, 2.75) is 26.5 Å². The lowest BCUT2D eigenvalue weighted by molar-refractivity contribution is 0.0944. The lowest BCUT2D eigenvalue weighted by Crippen LogP contribution is -2.30. The third-order valence-corrected chi connectivity index (χ3v) is 3.12. The number of aromatic nitrogens is 4. The molecule has 1 N–H and O–H groups in total. The van der Waals surface area contributed by atoms with Crippen molar-refractivity contribution in [1.29, 1.82) is 0 Å². The fraction of sp³-hybridized carbons (Fsp3) is 0.250. The molecule has 0 saturated carbocycles. The van der Waals surface area contributed by atoms with Gasteiger partial charge in [-0.2, -0.15) is 10.1 Å². The van der Waals surface area contributed by atoms with Gasteiger partial charge < -0.3 is 10.1 Å². The molecule has 0 bridgehead atoms. The molecule has 0 aliphatic carbocycles. The van der Waals surface area contributed by atoms with Crippen LogP contribution in [0.4, 0.5) is 0 Å². The Morgan fingerprint density at radius 3 is 2.96 bits per heavy atom. The number of nitrogens with zero attached hydrogens (tertiary/aromatic N) is 4. The van der Waals surface area contributed by atoms with Crippen molar-refractivity contribution in [3.63, 3.8) is 0 Å². The maximum absolute atomic E-state index is 12.2. The van der Waals surface area contributed by atoms with Crippen LogP contribution in [0.2, 0.25) is 0 Å². The second kappa shape index (κ2) is 6.43. The number of nitrogens with one attached hydrogen (secondary N) is 1. The summed E-state index contributed by atoms with van der Waals surface area (Å²) in [6.07, 6.45) is 6.66. The highest BCUT2D eigenvalue weighted by Gasteiger charge is 2.15. The molecule has 0 atom stereocenters. The zero-order valence-corrected chi connectivity index (χ0v) is 12.9. The van der Waals surface area contributed by atoms with Crippen LogP contribution in [0.5, 0.6) is 5.88 Å². The second-order valence-electron chi connectivity index (χ2n) is 5.37. The van der Waals surface area contributed by atoms with Gasteiger partial charge in [0.15, 0.2) is 5.65 Å². The van der Waals surface area contributed by atoms with Crippen LogP contribution in [-0.2, 0) is 6.61 Å². The van der Waals surface area contributed by atoms with E-state index >= 15 is 0 Å². The first kappa shape index (κ1) is 15.0. The van der Waals surface area contributed by atoms with Crippen molar-refractivity contribution >= 4 is 11.6 Å². The van der Waals surface area contributed by atoms with E-state index in [4.69, 9.17) is 4.74 Å². The molecule has 0 unspecified atom stereocenters. The zero-order chi connectivity index (χ0) is 16.2. The highest BCUT2D eigenvalue weighted by atomic mass is 16.5. The number of ether oxygens (including phenoxy) is 1. The molecule has 7 nitrogen and oxygen atoms in total. The second-order valence-corrected chi connectivity index (χ2v) is 5.37. The van der Waals surface area contributed by atoms with Crippen LogP contribution in [0.3, 0.4) is 0 Å². The van der Waals surface area contributed by atoms with Crippen LogP contribution in [-0.4, -0.2) is 31.5 Å². The van der Waals surface area contributed by atoms with Gasteiger partial charge in [-0.25, -0.2) is 4.52 Å². The largest absolute Gasteiger partial charge is 0.473 e. The fourth-order valence-corrected chi connectivity index (χ4v) is 2.07. The first-order valence-corrected chi connectivity index (χ1v) is 7.30. The number of rotatable bonds is 5. The van der Waals surface area contributed by atoms with Crippen LogP contribution in [0, 0.1) is 0 Å². The van der Waals surface area contributed by atoms with Crippen molar-refractivity contribution in [3.8, 4) is 5.88 Å². The first-order valence-electron chi connectivity index (χ1n) is 7.30. The molecule has 3 aromatic rings. The molecule has 0 fully saturated rings. The normalized spacial score (nSPS) is 10.9. The van der Waals surface area contributed by atoms with E-state index in [0.29, 0.717) is 23.7 Å². The van der Waals surface area contributed by atoms with Gasteiger partial charge in [-0.15, -0.1) is 0 Å². The Labute approximate surface area is 133 Å². The lowest BCUT2D eigenvalue weighted by Gasteiger charge is -2.08. The minimum atomic E-state index is -0.202. The summed E-state index contributed by atoms with van der Waals surface area (Å²) in [4.78, 5) is 20.6. The molecule has 1 amide bonds. The molecule has 3 heterocycles. The van der Waals surface area contributed by atoms with Gasteiger partial charge in [-0.1, -0.05) is 6.07 Å². The summed E-state index contributed by atoms with van der Waals surface area (Å²) in [7, 11) is 0. The highest BCUT2D eigenvalue weighted by Crippen LogP contribution is 2.14. The fourth-order valence-electron chi connectivity index (χ4n) is 2.07. The van der Waals surface area contributed by atoms with E-state index in [1.54, 1.807) is 29.2 Å². The summed E-state index contributed by atoms with van der Waals surface area (Å²) in [6.45, 7) is 4.16. The maximum Gasteiger partial charge on any atom is 0.256 e. The molecule has 0 saturated heterocycles. The molecule has 0 aliphatic rings. The Balaban J connectivity index is 1.81. The SMILES string of the molecule is CC(C)NC(=O)c1cnn2ccc(OCc3cccnc3)nc12. The Kier molecular flexibility index (Phi) is 4.18. The zero-order valence-electron chi connectivity index (χ0n) is 12.9. The van der Waals surface area contributed by atoms with E-state index in [2.05, 4.69) is 20.4 Å². The molecule has 0 aromatic carbocycles. The molecular weight excluding hydrogens is 294 g/mol. The van der Waals surface area contributed by atoms with Gasteiger partial charge in [0.25, 0.3) is 5.91 Å². The predicted octanol–water partition coefficient (Wildman–Crippen LogP) is 1.84. The van der Waals surface area contributed by atoms with E-state index in [0.717, 1.165) is 5.56 Å². The summed E-state index contributed by atoms with van der Waals surface area (Å²) in [5.41, 5.74) is 1.83. The van der Waals surface area contributed by atoms with Gasteiger partial charge in [-0.3, -0.25) is 9.78 Å². The molecule has 0 spiro atoms. The number of carbonyl (C=O) groups is 1. The third kappa shape index (κ3) is 3.45. The van der Waals surface area contributed by atoms with Gasteiger partial charge in [0, 0.05) is 36.3 Å². The molecule has 118 valence electrons. The molecule has 3 aromatic heterocycles. The van der Waals surface area contributed by atoms with E-state index in [1.165, 1.54) is 6.20 Å². The maximum atomic E-state index is 12.2. The molecule has 7 heteroatoms. The quantitative estimate of drug-likeness (QED) is 0.777. The van der Waals surface area contributed by atoms with Crippen molar-refractivity contribution in [1.82, 2.24) is 24.9 Å². The van der Waals surface area contributed by atoms with Crippen LogP contribution in [0.15, 0.2) is 43.0 Å². The third-order valence-electron chi connectivity index (χ3n) is 3.12. The number of fused-ring (bicyclic) bond motifs is 1. The van der Waals surface area contributed by atoms with Crippen molar-refractivity contribution in [2.24, 2.45) is 0 Å². The molecule has 0 aliphatic heterocycles. The smallest absolute Gasteiger partial charge is 0.256 e. The summed E-state index contributed by atoms with van der Waals surface area (Å²) < 4.78 is 7.21. The minimum Gasteiger partial charge on any atom is -0.473 e. The lowest BCUT2D eigenvalue weighted by atomic mass is 10.3. The number of carbonyl (C=O) groups excluding carboxylic acids is 1. The standard InChI is InChI=1S/C16H17N5O2/c1-11(2)19-16(22)13-9-18-21-7-5-14(20-15(13)21)23-10-12-4-3-6-17-8-12/h3-9,11H,10H2,1-2H3,(H,19,22). The Hall–Kier alpha value is -2.96. The predicted molar refractivity (Wildman–Crippen MR) is 84.2 cm³/mol. The topological polar surface area (TPSA) is 81.4 Å². The number of hydrogen-bond donors (Lipinski definition) is 1. The van der Waals surface area contributed by atoms with Crippen LogP contribution >= 0.6 is 0 Å². The number of pyridine rings is 1. The summed E-state index contributed by atoms with van der Waals surface area (Å²) in [5.74, 6) is 0.229. The van der Waals surface area contributed by atoms with Crippen LogP contribution in [0.25, 0.3) is 5.65 Å². The van der Waals surface area contributed by atoms with Gasteiger partial charge >= 0.3 is 0 Å². The number of amides is 1.